The van der Waals surface area contributed by atoms with Crippen LogP contribution in [-0.4, -0.2) is 14.0 Å². The second-order valence-electron chi connectivity index (χ2n) is 3.69. The molecule has 1 unspecified atom stereocenters. The van der Waals surface area contributed by atoms with E-state index in [2.05, 4.69) is 0 Å². The second kappa shape index (κ2) is 4.50. The zero-order chi connectivity index (χ0) is 12.5. The van der Waals surface area contributed by atoms with Crippen molar-refractivity contribution >= 4 is 21.9 Å². The summed E-state index contributed by atoms with van der Waals surface area (Å²) in [5, 5.41) is -2.26. The fraction of sp³-hybridized carbons (Fsp3) is 0.167. The van der Waals surface area contributed by atoms with E-state index in [4.69, 9.17) is 0 Å². The van der Waals surface area contributed by atoms with Crippen LogP contribution in [-0.2, 0) is 17.5 Å². The van der Waals surface area contributed by atoms with Crippen LogP contribution >= 0.6 is 0 Å². The highest BCUT2D eigenvalue weighted by Gasteiger charge is 2.31. The molecule has 0 fully saturated rings. The first-order valence-electron chi connectivity index (χ1n) is 4.94. The van der Waals surface area contributed by atoms with Gasteiger partial charge in [0, 0.05) is 17.5 Å². The Bertz CT molecular complexity index is 564. The van der Waals surface area contributed by atoms with Crippen LogP contribution in [0.4, 0.5) is 8.78 Å². The van der Waals surface area contributed by atoms with Gasteiger partial charge in [-0.2, -0.15) is 8.78 Å². The summed E-state index contributed by atoms with van der Waals surface area (Å²) in [6, 6.07) is 12.0. The van der Waals surface area contributed by atoms with Crippen molar-refractivity contribution in [3.63, 3.8) is 0 Å². The van der Waals surface area contributed by atoms with E-state index in [0.29, 0.717) is 10.9 Å². The second-order valence-corrected chi connectivity index (χ2v) is 4.75. The molecule has 2 aromatic carbocycles. The summed E-state index contributed by atoms with van der Waals surface area (Å²) in [6.45, 7) is 0. The molecule has 1 atom stereocenters. The van der Waals surface area contributed by atoms with Crippen LogP contribution < -0.4 is 0 Å². The van der Waals surface area contributed by atoms with Gasteiger partial charge in [-0.15, -0.1) is 0 Å². The number of hydrogen-bond acceptors (Lipinski definition) is 2. The van der Waals surface area contributed by atoms with E-state index in [-0.39, 0.29) is 0 Å². The minimum Gasteiger partial charge on any atom is -0.768 e. The summed E-state index contributed by atoms with van der Waals surface area (Å²) in [7, 11) is 0. The minimum atomic E-state index is -3.73. The van der Waals surface area contributed by atoms with Gasteiger partial charge in [0.2, 0.25) is 0 Å². The highest BCUT2D eigenvalue weighted by atomic mass is 32.2. The molecule has 0 aliphatic heterocycles. The van der Waals surface area contributed by atoms with Crippen LogP contribution in [0.15, 0.2) is 42.5 Å². The quantitative estimate of drug-likeness (QED) is 0.791. The minimum absolute atomic E-state index is 0.331. The summed E-state index contributed by atoms with van der Waals surface area (Å²) < 4.78 is 47.1. The van der Waals surface area contributed by atoms with E-state index in [0.717, 1.165) is 5.39 Å². The predicted molar refractivity (Wildman–Crippen MR) is 61.5 cm³/mol. The molecule has 2 rings (SSSR count). The lowest BCUT2D eigenvalue weighted by atomic mass is 10.0. The summed E-state index contributed by atoms with van der Waals surface area (Å²) in [6.07, 6.45) is -0.801. The van der Waals surface area contributed by atoms with Gasteiger partial charge in [-0.05, 0) is 16.3 Å². The van der Waals surface area contributed by atoms with E-state index in [1.165, 1.54) is 6.07 Å². The van der Waals surface area contributed by atoms with E-state index in [1.807, 2.05) is 0 Å². The van der Waals surface area contributed by atoms with Gasteiger partial charge in [-0.3, -0.25) is 4.21 Å². The molecule has 0 heterocycles. The Kier molecular flexibility index (Phi) is 3.22. The van der Waals surface area contributed by atoms with Gasteiger partial charge >= 0.3 is 5.25 Å². The highest BCUT2D eigenvalue weighted by Crippen LogP contribution is 2.27. The number of hydrogen-bond donors (Lipinski definition) is 0. The first-order chi connectivity index (χ1) is 8.00. The van der Waals surface area contributed by atoms with Crippen LogP contribution in [0.1, 0.15) is 5.56 Å². The van der Waals surface area contributed by atoms with E-state index in [9.17, 15) is 17.5 Å². The van der Waals surface area contributed by atoms with Crippen molar-refractivity contribution in [1.29, 1.82) is 0 Å². The first kappa shape index (κ1) is 12.1. The molecule has 0 aromatic heterocycles. The molecule has 2 nitrogen and oxygen atoms in total. The lowest BCUT2D eigenvalue weighted by Crippen LogP contribution is -2.25. The molecule has 17 heavy (non-hydrogen) atoms. The van der Waals surface area contributed by atoms with Gasteiger partial charge in [-0.1, -0.05) is 42.5 Å². The first-order valence-corrected chi connectivity index (χ1v) is 6.02. The van der Waals surface area contributed by atoms with E-state index >= 15 is 0 Å². The number of benzene rings is 2. The normalized spacial score (nSPS) is 13.8. The fourth-order valence-electron chi connectivity index (χ4n) is 1.73. The average Bonchev–Trinajstić information content (AvgIpc) is 2.29. The third kappa shape index (κ3) is 2.50. The Morgan fingerprint density at radius 2 is 1.76 bits per heavy atom. The predicted octanol–water partition coefficient (Wildman–Crippen LogP) is 2.85. The van der Waals surface area contributed by atoms with Crippen LogP contribution in [0, 0.1) is 0 Å². The van der Waals surface area contributed by atoms with Crippen LogP contribution in [0.3, 0.4) is 0 Å². The Morgan fingerprint density at radius 1 is 1.12 bits per heavy atom. The third-order valence-corrected chi connectivity index (χ3v) is 3.15. The summed E-state index contributed by atoms with van der Waals surface area (Å²) in [5.74, 6) is 0. The Balaban J connectivity index is 2.46. The van der Waals surface area contributed by atoms with Gasteiger partial charge in [0.15, 0.2) is 0 Å². The number of fused-ring (bicyclic) bond motifs is 1. The van der Waals surface area contributed by atoms with Gasteiger partial charge in [0.1, 0.15) is 0 Å². The van der Waals surface area contributed by atoms with Crippen molar-refractivity contribution < 1.29 is 17.5 Å². The largest absolute Gasteiger partial charge is 0.768 e. The fourth-order valence-corrected chi connectivity index (χ4v) is 2.00. The smallest absolute Gasteiger partial charge is 0.313 e. The zero-order valence-electron chi connectivity index (χ0n) is 8.73. The molecule has 5 heteroatoms. The summed E-state index contributed by atoms with van der Waals surface area (Å²) >= 11 is -3.40. The lowest BCUT2D eigenvalue weighted by molar-refractivity contribution is 0.0899. The zero-order valence-corrected chi connectivity index (χ0v) is 9.55. The van der Waals surface area contributed by atoms with Gasteiger partial charge in [0.25, 0.3) is 0 Å². The average molecular weight is 255 g/mol. The van der Waals surface area contributed by atoms with E-state index < -0.39 is 22.8 Å². The molecule has 0 amide bonds. The number of halogens is 2. The third-order valence-electron chi connectivity index (χ3n) is 2.52. The maximum atomic E-state index is 13.1. The SMILES string of the molecule is O=S([O-])C(F)(F)Cc1cccc2ccccc12. The summed E-state index contributed by atoms with van der Waals surface area (Å²) in [5.41, 5.74) is 0.331. The molecule has 0 spiro atoms. The van der Waals surface area contributed by atoms with Crippen molar-refractivity contribution in [1.82, 2.24) is 0 Å². The molecule has 0 saturated carbocycles. The molecular weight excluding hydrogens is 246 g/mol. The topological polar surface area (TPSA) is 40.1 Å². The van der Waals surface area contributed by atoms with Gasteiger partial charge < -0.3 is 4.55 Å². The molecule has 0 bridgehead atoms. The molecule has 0 aliphatic rings. The number of alkyl halides is 2. The molecule has 0 aliphatic carbocycles. The van der Waals surface area contributed by atoms with Crippen LogP contribution in [0.2, 0.25) is 0 Å². The monoisotopic (exact) mass is 255 g/mol. The lowest BCUT2D eigenvalue weighted by Gasteiger charge is -2.19. The summed E-state index contributed by atoms with van der Waals surface area (Å²) in [4.78, 5) is 0. The van der Waals surface area contributed by atoms with Crippen molar-refractivity contribution in [3.8, 4) is 0 Å². The number of rotatable bonds is 3. The Labute approximate surface area is 99.6 Å². The van der Waals surface area contributed by atoms with Crippen molar-refractivity contribution in [2.75, 3.05) is 0 Å². The molecule has 2 aromatic rings. The molecule has 0 saturated heterocycles. The standard InChI is InChI=1S/C12H10F2O2S/c13-12(14,17(15)16)8-10-6-3-5-9-4-1-2-7-11(9)10/h1-7H,8H2,(H,15,16)/p-1. The Morgan fingerprint density at radius 3 is 2.47 bits per heavy atom. The maximum absolute atomic E-state index is 13.1. The molecular formula is C12H9F2O2S-. The van der Waals surface area contributed by atoms with Crippen molar-refractivity contribution in [2.24, 2.45) is 0 Å². The molecule has 0 radical (unpaired) electrons. The van der Waals surface area contributed by atoms with Gasteiger partial charge in [0.05, 0.1) is 0 Å². The molecule has 0 N–H and O–H groups in total. The molecule has 90 valence electrons. The highest BCUT2D eigenvalue weighted by molar-refractivity contribution is 7.80. The maximum Gasteiger partial charge on any atom is 0.313 e. The Hall–Kier alpha value is -1.33. The van der Waals surface area contributed by atoms with E-state index in [1.54, 1.807) is 36.4 Å². The van der Waals surface area contributed by atoms with Crippen molar-refractivity contribution in [3.05, 3.63) is 48.0 Å². The van der Waals surface area contributed by atoms with Crippen LogP contribution in [0.25, 0.3) is 10.8 Å². The van der Waals surface area contributed by atoms with Gasteiger partial charge in [-0.25, -0.2) is 0 Å². The van der Waals surface area contributed by atoms with Crippen LogP contribution in [0.5, 0.6) is 0 Å². The van der Waals surface area contributed by atoms with Crippen molar-refractivity contribution in [2.45, 2.75) is 11.7 Å².